The van der Waals surface area contributed by atoms with Gasteiger partial charge in [-0.25, -0.2) is 4.79 Å². The van der Waals surface area contributed by atoms with Crippen LogP contribution in [0.25, 0.3) is 11.1 Å². The molecule has 1 N–H and O–H groups in total. The summed E-state index contributed by atoms with van der Waals surface area (Å²) in [6.07, 6.45) is 1.82. The van der Waals surface area contributed by atoms with Crippen molar-refractivity contribution in [3.63, 3.8) is 0 Å². The summed E-state index contributed by atoms with van der Waals surface area (Å²) in [6.45, 7) is 3.59. The molecule has 22 heavy (non-hydrogen) atoms. The third kappa shape index (κ3) is 4.37. The van der Waals surface area contributed by atoms with E-state index in [1.54, 1.807) is 18.2 Å². The van der Waals surface area contributed by atoms with Crippen LogP contribution in [0, 0.1) is 0 Å². The van der Waals surface area contributed by atoms with E-state index in [2.05, 4.69) is 6.58 Å². The second-order valence-electron chi connectivity index (χ2n) is 4.84. The van der Waals surface area contributed by atoms with Crippen molar-refractivity contribution in [2.45, 2.75) is 18.9 Å². The lowest BCUT2D eigenvalue weighted by molar-refractivity contribution is -0.145. The summed E-state index contributed by atoms with van der Waals surface area (Å²) in [5, 5.41) is 9.84. The summed E-state index contributed by atoms with van der Waals surface area (Å²) in [4.78, 5) is 11.2. The first-order chi connectivity index (χ1) is 10.6. The molecule has 1 unspecified atom stereocenters. The van der Waals surface area contributed by atoms with Gasteiger partial charge in [0, 0.05) is 5.02 Å². The molecule has 0 heterocycles. The van der Waals surface area contributed by atoms with E-state index in [0.29, 0.717) is 23.6 Å². The van der Waals surface area contributed by atoms with Gasteiger partial charge in [0.05, 0.1) is 0 Å². The van der Waals surface area contributed by atoms with Gasteiger partial charge < -0.3 is 9.84 Å². The molecule has 0 saturated heterocycles. The van der Waals surface area contributed by atoms with Gasteiger partial charge in [-0.1, -0.05) is 41.9 Å². The number of benzene rings is 2. The normalized spacial score (nSPS) is 11.7. The van der Waals surface area contributed by atoms with Crippen LogP contribution in [0.4, 0.5) is 0 Å². The number of carbonyl (C=O) groups is 1. The van der Waals surface area contributed by atoms with Crippen LogP contribution in [-0.4, -0.2) is 17.2 Å². The first-order valence-corrected chi connectivity index (χ1v) is 7.34. The van der Waals surface area contributed by atoms with Gasteiger partial charge in [0.1, 0.15) is 5.75 Å². The van der Waals surface area contributed by atoms with E-state index in [-0.39, 0.29) is 0 Å². The molecule has 0 fully saturated rings. The van der Waals surface area contributed by atoms with Crippen molar-refractivity contribution in [3.8, 4) is 16.9 Å². The Balaban J connectivity index is 2.09. The number of carboxylic acids is 1. The van der Waals surface area contributed by atoms with E-state index in [9.17, 15) is 4.79 Å². The molecular formula is C18H17ClO3. The van der Waals surface area contributed by atoms with Crippen molar-refractivity contribution in [1.29, 1.82) is 0 Å². The summed E-state index contributed by atoms with van der Waals surface area (Å²) in [7, 11) is 0. The number of carboxylic acid groups (broad SMARTS) is 1. The molecule has 2 aromatic carbocycles. The molecule has 1 atom stereocenters. The first-order valence-electron chi connectivity index (χ1n) is 6.96. The van der Waals surface area contributed by atoms with Crippen LogP contribution < -0.4 is 4.74 Å². The highest BCUT2D eigenvalue weighted by Crippen LogP contribution is 2.24. The minimum absolute atomic E-state index is 0.401. The van der Waals surface area contributed by atoms with E-state index in [4.69, 9.17) is 21.4 Å². The average Bonchev–Trinajstić information content (AvgIpc) is 2.52. The van der Waals surface area contributed by atoms with Gasteiger partial charge in [-0.05, 0) is 48.2 Å². The predicted octanol–water partition coefficient (Wildman–Crippen LogP) is 4.81. The molecule has 0 aliphatic heterocycles. The predicted molar refractivity (Wildman–Crippen MR) is 88.4 cm³/mol. The van der Waals surface area contributed by atoms with Crippen LogP contribution in [0.1, 0.15) is 12.8 Å². The van der Waals surface area contributed by atoms with Crippen molar-refractivity contribution in [2.24, 2.45) is 0 Å². The molecule has 0 spiro atoms. The molecule has 114 valence electrons. The Labute approximate surface area is 134 Å². The molecule has 0 aromatic heterocycles. The highest BCUT2D eigenvalue weighted by Gasteiger charge is 2.18. The maximum Gasteiger partial charge on any atom is 0.344 e. The summed E-state index contributed by atoms with van der Waals surface area (Å²) >= 11 is 5.87. The van der Waals surface area contributed by atoms with Gasteiger partial charge in [-0.2, -0.15) is 0 Å². The molecule has 0 radical (unpaired) electrons. The fourth-order valence-corrected chi connectivity index (χ4v) is 2.16. The molecular weight excluding hydrogens is 300 g/mol. The van der Waals surface area contributed by atoms with Crippen LogP contribution in [0.2, 0.25) is 5.02 Å². The Hall–Kier alpha value is -2.26. The minimum Gasteiger partial charge on any atom is -0.479 e. The lowest BCUT2D eigenvalue weighted by atomic mass is 10.1. The Bertz CT molecular complexity index is 632. The number of hydrogen-bond acceptors (Lipinski definition) is 2. The van der Waals surface area contributed by atoms with E-state index in [1.165, 1.54) is 0 Å². The largest absolute Gasteiger partial charge is 0.479 e. The Kier molecular flexibility index (Phi) is 5.61. The zero-order chi connectivity index (χ0) is 15.9. The summed E-state index contributed by atoms with van der Waals surface area (Å²) in [5.74, 6) is -0.433. The molecule has 0 aliphatic carbocycles. The average molecular weight is 317 g/mol. The number of aliphatic carboxylic acids is 1. The van der Waals surface area contributed by atoms with Gasteiger partial charge in [-0.3, -0.25) is 0 Å². The van der Waals surface area contributed by atoms with E-state index >= 15 is 0 Å². The fraction of sp³-hybridized carbons (Fsp3) is 0.167. The summed E-state index contributed by atoms with van der Waals surface area (Å²) in [5.41, 5.74) is 2.05. The zero-order valence-electron chi connectivity index (χ0n) is 12.0. The number of ether oxygens (including phenoxy) is 1. The van der Waals surface area contributed by atoms with Crippen LogP contribution >= 0.6 is 11.6 Å². The van der Waals surface area contributed by atoms with Crippen LogP contribution in [0.5, 0.6) is 5.75 Å². The van der Waals surface area contributed by atoms with Crippen LogP contribution in [0.15, 0.2) is 61.2 Å². The molecule has 4 heteroatoms. The van der Waals surface area contributed by atoms with Crippen LogP contribution in [0.3, 0.4) is 0 Å². The number of hydrogen-bond donors (Lipinski definition) is 1. The monoisotopic (exact) mass is 316 g/mol. The maximum absolute atomic E-state index is 11.2. The van der Waals surface area contributed by atoms with Crippen molar-refractivity contribution < 1.29 is 14.6 Å². The summed E-state index contributed by atoms with van der Waals surface area (Å²) in [6, 6.07) is 14.9. The van der Waals surface area contributed by atoms with Crippen molar-refractivity contribution in [3.05, 3.63) is 66.2 Å². The quantitative estimate of drug-likeness (QED) is 0.746. The minimum atomic E-state index is -0.969. The second kappa shape index (κ2) is 7.66. The highest BCUT2D eigenvalue weighted by atomic mass is 35.5. The zero-order valence-corrected chi connectivity index (χ0v) is 12.8. The number of rotatable bonds is 7. The smallest absolute Gasteiger partial charge is 0.344 e. The fourth-order valence-electron chi connectivity index (χ4n) is 2.03. The van der Waals surface area contributed by atoms with Crippen molar-refractivity contribution >= 4 is 17.6 Å². The van der Waals surface area contributed by atoms with Crippen LogP contribution in [-0.2, 0) is 4.79 Å². The Morgan fingerprint density at radius 2 is 1.68 bits per heavy atom. The van der Waals surface area contributed by atoms with E-state index in [1.807, 2.05) is 36.4 Å². The molecule has 0 bridgehead atoms. The third-order valence-electron chi connectivity index (χ3n) is 3.22. The molecule has 3 nitrogen and oxygen atoms in total. The van der Waals surface area contributed by atoms with Gasteiger partial charge >= 0.3 is 5.97 Å². The van der Waals surface area contributed by atoms with Crippen molar-refractivity contribution in [2.75, 3.05) is 0 Å². The standard InChI is InChI=1S/C18H17ClO3/c1-2-3-4-17(18(20)21)22-16-11-7-14(8-12-16)13-5-9-15(19)10-6-13/h2,5-12,17H,1,3-4H2,(H,20,21). The van der Waals surface area contributed by atoms with Gasteiger partial charge in [0.15, 0.2) is 6.10 Å². The molecule has 2 aromatic rings. The number of allylic oxidation sites excluding steroid dienone is 1. The van der Waals surface area contributed by atoms with Gasteiger partial charge in [-0.15, -0.1) is 6.58 Å². The Morgan fingerprint density at radius 3 is 2.18 bits per heavy atom. The Morgan fingerprint density at radius 1 is 1.14 bits per heavy atom. The molecule has 0 saturated carbocycles. The second-order valence-corrected chi connectivity index (χ2v) is 5.28. The SMILES string of the molecule is C=CCCC(Oc1ccc(-c2ccc(Cl)cc2)cc1)C(=O)O. The van der Waals surface area contributed by atoms with E-state index in [0.717, 1.165) is 11.1 Å². The third-order valence-corrected chi connectivity index (χ3v) is 3.47. The topological polar surface area (TPSA) is 46.5 Å². The van der Waals surface area contributed by atoms with Gasteiger partial charge in [0.2, 0.25) is 0 Å². The lowest BCUT2D eigenvalue weighted by Crippen LogP contribution is -2.26. The van der Waals surface area contributed by atoms with Gasteiger partial charge in [0.25, 0.3) is 0 Å². The molecule has 0 amide bonds. The van der Waals surface area contributed by atoms with E-state index < -0.39 is 12.1 Å². The van der Waals surface area contributed by atoms with Crippen molar-refractivity contribution in [1.82, 2.24) is 0 Å². The summed E-state index contributed by atoms with van der Waals surface area (Å²) < 4.78 is 5.52. The maximum atomic E-state index is 11.2. The number of halogens is 1. The molecule has 0 aliphatic rings. The lowest BCUT2D eigenvalue weighted by Gasteiger charge is -2.14. The first kappa shape index (κ1) is 16.1. The molecule has 2 rings (SSSR count). The highest BCUT2D eigenvalue weighted by molar-refractivity contribution is 6.30.